The van der Waals surface area contributed by atoms with Crippen LogP contribution >= 0.6 is 0 Å². The van der Waals surface area contributed by atoms with Gasteiger partial charge in [0.1, 0.15) is 12.0 Å². The third-order valence-corrected chi connectivity index (χ3v) is 7.35. The Hall–Kier alpha value is -3.28. The minimum Gasteiger partial charge on any atom is -0.337 e. The van der Waals surface area contributed by atoms with Crippen molar-refractivity contribution in [3.63, 3.8) is 0 Å². The summed E-state index contributed by atoms with van der Waals surface area (Å²) in [6.45, 7) is 13.5. The molecule has 0 fully saturated rings. The minimum atomic E-state index is -0.327. The number of hydrogen-bond acceptors (Lipinski definition) is 3. The molecule has 0 amide bonds. The number of fused-ring (bicyclic) bond motifs is 2. The van der Waals surface area contributed by atoms with Gasteiger partial charge in [-0.15, -0.1) is 0 Å². The van der Waals surface area contributed by atoms with Crippen LogP contribution in [0.4, 0.5) is 17.2 Å². The molecule has 0 bridgehead atoms. The van der Waals surface area contributed by atoms with E-state index >= 15 is 0 Å². The number of imidazole rings is 2. The highest BCUT2D eigenvalue weighted by atomic mass is 15.5. The van der Waals surface area contributed by atoms with Crippen LogP contribution in [0.2, 0.25) is 0 Å². The number of benzene rings is 2. The van der Waals surface area contributed by atoms with Crippen LogP contribution in [0.15, 0.2) is 54.7 Å². The molecule has 33 heavy (non-hydrogen) atoms. The lowest BCUT2D eigenvalue weighted by Crippen LogP contribution is -2.50. The molecule has 0 saturated heterocycles. The first-order valence-electron chi connectivity index (χ1n) is 11.8. The van der Waals surface area contributed by atoms with E-state index in [0.717, 1.165) is 16.9 Å². The van der Waals surface area contributed by atoms with Crippen LogP contribution in [-0.2, 0) is 19.6 Å². The summed E-state index contributed by atoms with van der Waals surface area (Å²) in [5, 5.41) is 0. The van der Waals surface area contributed by atoms with Crippen molar-refractivity contribution < 1.29 is 4.57 Å². The molecule has 172 valence electrons. The van der Waals surface area contributed by atoms with Crippen molar-refractivity contribution in [2.24, 2.45) is 14.1 Å². The van der Waals surface area contributed by atoms with E-state index in [2.05, 4.69) is 134 Å². The van der Waals surface area contributed by atoms with Crippen LogP contribution in [0.25, 0.3) is 11.0 Å². The fourth-order valence-corrected chi connectivity index (χ4v) is 5.66. The van der Waals surface area contributed by atoms with Gasteiger partial charge in [-0.2, -0.15) is 0 Å². The van der Waals surface area contributed by atoms with Crippen LogP contribution in [0.5, 0.6) is 0 Å². The molecule has 6 nitrogen and oxygen atoms in total. The summed E-state index contributed by atoms with van der Waals surface area (Å²) in [5.74, 6) is 3.51. The van der Waals surface area contributed by atoms with Gasteiger partial charge in [-0.25, -0.2) is 14.1 Å². The number of nitrogens with zero attached hydrogens (tertiary/aromatic N) is 6. The molecule has 1 aliphatic rings. The zero-order valence-electron chi connectivity index (χ0n) is 21.0. The Labute approximate surface area is 196 Å². The van der Waals surface area contributed by atoms with E-state index in [-0.39, 0.29) is 11.7 Å². The molecule has 5 rings (SSSR count). The average molecular weight is 444 g/mol. The first-order chi connectivity index (χ1) is 15.6. The van der Waals surface area contributed by atoms with E-state index in [1.54, 1.807) is 0 Å². The molecule has 3 heterocycles. The number of para-hydroxylation sites is 4. The molecule has 6 heteroatoms. The molecule has 2 aromatic heterocycles. The number of aryl methyl sites for hydroxylation is 1. The molecule has 0 unspecified atom stereocenters. The normalized spacial score (nSPS) is 16.3. The molecule has 0 saturated carbocycles. The fourth-order valence-electron chi connectivity index (χ4n) is 5.66. The lowest BCUT2D eigenvalue weighted by molar-refractivity contribution is -0.721. The Kier molecular flexibility index (Phi) is 4.82. The Morgan fingerprint density at radius 3 is 2.21 bits per heavy atom. The molecular weight excluding hydrogens is 408 g/mol. The van der Waals surface area contributed by atoms with Gasteiger partial charge in [0.25, 0.3) is 5.82 Å². The van der Waals surface area contributed by atoms with Crippen molar-refractivity contribution >= 4 is 28.2 Å². The van der Waals surface area contributed by atoms with E-state index in [1.165, 1.54) is 23.0 Å². The molecular formula is C27H35N6+. The average Bonchev–Trinajstić information content (AvgIpc) is 3.38. The van der Waals surface area contributed by atoms with Crippen molar-refractivity contribution in [1.29, 1.82) is 0 Å². The molecule has 0 aliphatic carbocycles. The molecule has 0 spiro atoms. The van der Waals surface area contributed by atoms with Crippen LogP contribution in [-0.4, -0.2) is 20.3 Å². The van der Waals surface area contributed by atoms with Gasteiger partial charge in [0.15, 0.2) is 6.20 Å². The zero-order chi connectivity index (χ0) is 23.7. The molecule has 2 aromatic carbocycles. The highest BCUT2D eigenvalue weighted by molar-refractivity contribution is 5.84. The summed E-state index contributed by atoms with van der Waals surface area (Å²) in [5.41, 5.74) is 4.33. The third-order valence-electron chi connectivity index (χ3n) is 7.35. The minimum absolute atomic E-state index is 0.117. The second-order valence-corrected chi connectivity index (χ2v) is 10.00. The molecule has 1 atom stereocenters. The number of aromatic nitrogens is 4. The number of hydrogen-bond donors (Lipinski definition) is 0. The smallest absolute Gasteiger partial charge is 0.254 e. The molecule has 1 aliphatic heterocycles. The lowest BCUT2D eigenvalue weighted by atomic mass is 10.00. The van der Waals surface area contributed by atoms with Gasteiger partial charge in [0.05, 0.1) is 41.0 Å². The first kappa shape index (κ1) is 21.6. The van der Waals surface area contributed by atoms with Gasteiger partial charge in [-0.05, 0) is 58.9 Å². The van der Waals surface area contributed by atoms with Gasteiger partial charge >= 0.3 is 0 Å². The van der Waals surface area contributed by atoms with Gasteiger partial charge in [-0.1, -0.05) is 24.3 Å². The maximum atomic E-state index is 5.09. The highest BCUT2D eigenvalue weighted by Crippen LogP contribution is 2.49. The quantitative estimate of drug-likeness (QED) is 0.400. The molecule has 0 N–H and O–H groups in total. The van der Waals surface area contributed by atoms with Crippen LogP contribution in [0.3, 0.4) is 0 Å². The van der Waals surface area contributed by atoms with Crippen molar-refractivity contribution in [3.05, 3.63) is 66.4 Å². The van der Waals surface area contributed by atoms with Gasteiger partial charge in [0, 0.05) is 14.0 Å². The predicted molar refractivity (Wildman–Crippen MR) is 135 cm³/mol. The Balaban J connectivity index is 1.67. The Morgan fingerprint density at radius 1 is 0.939 bits per heavy atom. The summed E-state index contributed by atoms with van der Waals surface area (Å²) < 4.78 is 6.90. The lowest BCUT2D eigenvalue weighted by Gasteiger charge is -2.41. The standard InChI is InChI=1S/C27H35N6/c1-18(2)31-17-25(29(7)19(31)3)32-20(4)33(24-16-12-11-15-23(24)32)27(5,6)26-28-21-13-9-10-14-22(21)30(26)8/h9-18,20H,1-8H3/q+1/t20-/m1/s1. The summed E-state index contributed by atoms with van der Waals surface area (Å²) in [4.78, 5) is 10.1. The maximum absolute atomic E-state index is 5.09. The van der Waals surface area contributed by atoms with Gasteiger partial charge < -0.3 is 9.47 Å². The second-order valence-electron chi connectivity index (χ2n) is 10.00. The Bertz CT molecular complexity index is 1340. The van der Waals surface area contributed by atoms with Crippen molar-refractivity contribution in [2.75, 3.05) is 9.80 Å². The van der Waals surface area contributed by atoms with Crippen LogP contribution in [0, 0.1) is 6.92 Å². The fraction of sp³-hybridized carbons (Fsp3) is 0.407. The Morgan fingerprint density at radius 2 is 1.58 bits per heavy atom. The topological polar surface area (TPSA) is 33.1 Å². The van der Waals surface area contributed by atoms with Gasteiger partial charge in [-0.3, -0.25) is 4.90 Å². The van der Waals surface area contributed by atoms with E-state index in [0.29, 0.717) is 6.04 Å². The number of anilines is 3. The summed E-state index contributed by atoms with van der Waals surface area (Å²) in [6.07, 6.45) is 2.41. The second kappa shape index (κ2) is 7.37. The summed E-state index contributed by atoms with van der Waals surface area (Å²) in [7, 11) is 4.29. The SMILES string of the molecule is Cc1n(C)c(N2c3ccccc3N(C(C)(C)c3nc4ccccc4n3C)[C@@H]2C)c[n+]1C(C)C. The van der Waals surface area contributed by atoms with E-state index in [1.807, 2.05) is 0 Å². The van der Waals surface area contributed by atoms with Gasteiger partial charge in [0.2, 0.25) is 5.82 Å². The summed E-state index contributed by atoms with van der Waals surface area (Å²) >= 11 is 0. The predicted octanol–water partition coefficient (Wildman–Crippen LogP) is 5.33. The van der Waals surface area contributed by atoms with Crippen LogP contribution < -0.4 is 14.4 Å². The van der Waals surface area contributed by atoms with E-state index in [4.69, 9.17) is 4.98 Å². The third kappa shape index (κ3) is 3.00. The largest absolute Gasteiger partial charge is 0.337 e. The van der Waals surface area contributed by atoms with Crippen LogP contribution in [0.1, 0.15) is 52.3 Å². The highest BCUT2D eigenvalue weighted by Gasteiger charge is 2.46. The van der Waals surface area contributed by atoms with Crippen molar-refractivity contribution in [1.82, 2.24) is 14.1 Å². The number of rotatable bonds is 4. The van der Waals surface area contributed by atoms with E-state index in [9.17, 15) is 0 Å². The molecule has 0 radical (unpaired) electrons. The molecule has 4 aromatic rings. The first-order valence-corrected chi connectivity index (χ1v) is 11.8. The maximum Gasteiger partial charge on any atom is 0.254 e. The monoisotopic (exact) mass is 443 g/mol. The van der Waals surface area contributed by atoms with E-state index < -0.39 is 0 Å². The summed E-state index contributed by atoms with van der Waals surface area (Å²) in [6, 6.07) is 17.5. The van der Waals surface area contributed by atoms with Crippen molar-refractivity contribution in [3.8, 4) is 0 Å². The zero-order valence-corrected chi connectivity index (χ0v) is 21.0. The van der Waals surface area contributed by atoms with Crippen molar-refractivity contribution in [2.45, 2.75) is 59.3 Å².